The minimum Gasteiger partial charge on any atom is -0.450 e. The maximum atomic E-state index is 11.3. The fourth-order valence-electron chi connectivity index (χ4n) is 2.17. The van der Waals surface area contributed by atoms with Crippen molar-refractivity contribution < 1.29 is 43.5 Å². The van der Waals surface area contributed by atoms with Crippen LogP contribution in [-0.4, -0.2) is 65.9 Å². The average molecular weight is 322 g/mol. The Labute approximate surface area is 128 Å². The number of ether oxygens (including phenoxy) is 5. The predicted molar refractivity (Wildman–Crippen MR) is 70.2 cm³/mol. The van der Waals surface area contributed by atoms with Crippen LogP contribution in [0, 0.1) is 0 Å². The second-order valence-corrected chi connectivity index (χ2v) is 4.67. The fraction of sp³-hybridized carbons (Fsp3) is 0.846. The minimum absolute atomic E-state index is 0.0280. The molecule has 1 unspecified atom stereocenters. The summed E-state index contributed by atoms with van der Waals surface area (Å²) in [5, 5.41) is 21.3. The molecule has 0 bridgehead atoms. The number of carbonyl (C=O) groups excluding carboxylic acids is 2. The molecule has 0 aliphatic carbocycles. The number of esters is 2. The van der Waals surface area contributed by atoms with Gasteiger partial charge in [-0.05, 0) is 13.8 Å². The van der Waals surface area contributed by atoms with Gasteiger partial charge in [0.1, 0.15) is 6.61 Å². The van der Waals surface area contributed by atoms with Crippen LogP contribution in [0.2, 0.25) is 0 Å². The van der Waals surface area contributed by atoms with Crippen LogP contribution < -0.4 is 0 Å². The molecule has 1 saturated heterocycles. The molecule has 1 aliphatic heterocycles. The van der Waals surface area contributed by atoms with Crippen LogP contribution in [0.25, 0.3) is 0 Å². The number of carbonyl (C=O) groups is 2. The Morgan fingerprint density at radius 1 is 1.09 bits per heavy atom. The fourth-order valence-corrected chi connectivity index (χ4v) is 2.17. The molecule has 0 saturated carbocycles. The molecule has 4 atom stereocenters. The van der Waals surface area contributed by atoms with Gasteiger partial charge >= 0.3 is 11.9 Å². The van der Waals surface area contributed by atoms with Gasteiger partial charge in [0.2, 0.25) is 18.2 Å². The van der Waals surface area contributed by atoms with Crippen LogP contribution >= 0.6 is 0 Å². The van der Waals surface area contributed by atoms with Crippen LogP contribution in [0.5, 0.6) is 0 Å². The molecule has 9 heteroatoms. The Kier molecular flexibility index (Phi) is 6.27. The van der Waals surface area contributed by atoms with Gasteiger partial charge in [-0.3, -0.25) is 9.59 Å². The molecular formula is C13H22O9. The van der Waals surface area contributed by atoms with E-state index in [4.69, 9.17) is 23.7 Å². The van der Waals surface area contributed by atoms with Crippen molar-refractivity contribution in [3.05, 3.63) is 0 Å². The van der Waals surface area contributed by atoms with Gasteiger partial charge in [0.05, 0.1) is 0 Å². The lowest BCUT2D eigenvalue weighted by molar-refractivity contribution is -0.462. The number of hydrogen-bond donors (Lipinski definition) is 2. The summed E-state index contributed by atoms with van der Waals surface area (Å²) in [4.78, 5) is 22.4. The van der Waals surface area contributed by atoms with Gasteiger partial charge in [-0.2, -0.15) is 0 Å². The molecule has 1 heterocycles. The quantitative estimate of drug-likeness (QED) is 0.482. The van der Waals surface area contributed by atoms with E-state index in [2.05, 4.69) is 0 Å². The zero-order chi connectivity index (χ0) is 17.0. The van der Waals surface area contributed by atoms with Crippen LogP contribution in [0.3, 0.4) is 0 Å². The molecule has 0 amide bonds. The highest BCUT2D eigenvalue weighted by molar-refractivity contribution is 5.67. The molecule has 128 valence electrons. The summed E-state index contributed by atoms with van der Waals surface area (Å²) in [6, 6.07) is 0. The van der Waals surface area contributed by atoms with E-state index in [1.807, 2.05) is 0 Å². The summed E-state index contributed by atoms with van der Waals surface area (Å²) < 4.78 is 25.3. The summed E-state index contributed by atoms with van der Waals surface area (Å²) >= 11 is 0. The van der Waals surface area contributed by atoms with Crippen molar-refractivity contribution in [2.24, 2.45) is 0 Å². The van der Waals surface area contributed by atoms with Crippen LogP contribution in [0.4, 0.5) is 0 Å². The van der Waals surface area contributed by atoms with Gasteiger partial charge < -0.3 is 33.9 Å². The van der Waals surface area contributed by atoms with Crippen molar-refractivity contribution in [3.8, 4) is 0 Å². The van der Waals surface area contributed by atoms with Crippen LogP contribution in [0.1, 0.15) is 27.7 Å². The van der Waals surface area contributed by atoms with Crippen LogP contribution in [-0.2, 0) is 33.3 Å². The van der Waals surface area contributed by atoms with E-state index in [-0.39, 0.29) is 13.2 Å². The molecule has 1 aliphatic rings. The van der Waals surface area contributed by atoms with E-state index >= 15 is 0 Å². The first-order valence-electron chi connectivity index (χ1n) is 6.88. The van der Waals surface area contributed by atoms with E-state index in [0.29, 0.717) is 0 Å². The van der Waals surface area contributed by atoms with Crippen LogP contribution in [0.15, 0.2) is 0 Å². The Balaban J connectivity index is 3.22. The molecule has 0 aromatic heterocycles. The van der Waals surface area contributed by atoms with Gasteiger partial charge in [-0.25, -0.2) is 0 Å². The first-order chi connectivity index (χ1) is 10.2. The Hall–Kier alpha value is -1.26. The second kappa shape index (κ2) is 7.34. The standard InChI is InChI=1S/C13H22O9/c1-5-19-12(16)7-18-11(22-9(4)15)10(21-8(3)14)13(12,17)20-6-2/h10-11,16-17H,5-7H2,1-4H3/t10-,11?,12-,13-/m0/s1. The third kappa shape index (κ3) is 3.73. The highest BCUT2D eigenvalue weighted by atomic mass is 16.8. The lowest BCUT2D eigenvalue weighted by atomic mass is 9.96. The Morgan fingerprint density at radius 3 is 2.09 bits per heavy atom. The van der Waals surface area contributed by atoms with Gasteiger partial charge in [0, 0.05) is 27.1 Å². The molecular weight excluding hydrogens is 300 g/mol. The van der Waals surface area contributed by atoms with Gasteiger partial charge in [0.25, 0.3) is 5.79 Å². The average Bonchev–Trinajstić information content (AvgIpc) is 2.39. The maximum Gasteiger partial charge on any atom is 0.305 e. The van der Waals surface area contributed by atoms with Gasteiger partial charge in [-0.15, -0.1) is 0 Å². The second-order valence-electron chi connectivity index (χ2n) is 4.67. The highest BCUT2D eigenvalue weighted by Gasteiger charge is 2.66. The molecule has 1 rings (SSSR count). The third-order valence-electron chi connectivity index (χ3n) is 2.96. The molecule has 22 heavy (non-hydrogen) atoms. The zero-order valence-electron chi connectivity index (χ0n) is 13.0. The number of aliphatic hydroxyl groups is 2. The van der Waals surface area contributed by atoms with Crippen molar-refractivity contribution in [1.82, 2.24) is 0 Å². The maximum absolute atomic E-state index is 11.3. The highest BCUT2D eigenvalue weighted by Crippen LogP contribution is 2.38. The van der Waals surface area contributed by atoms with Crippen molar-refractivity contribution in [1.29, 1.82) is 0 Å². The first kappa shape index (κ1) is 18.8. The largest absolute Gasteiger partial charge is 0.450 e. The zero-order valence-corrected chi connectivity index (χ0v) is 13.0. The van der Waals surface area contributed by atoms with Crippen molar-refractivity contribution in [2.45, 2.75) is 51.7 Å². The predicted octanol–water partition coefficient (Wildman–Crippen LogP) is -0.712. The van der Waals surface area contributed by atoms with Crippen molar-refractivity contribution in [3.63, 3.8) is 0 Å². The van der Waals surface area contributed by atoms with Crippen molar-refractivity contribution in [2.75, 3.05) is 19.8 Å². The van der Waals surface area contributed by atoms with Gasteiger partial charge in [0.15, 0.2) is 0 Å². The smallest absolute Gasteiger partial charge is 0.305 e. The lowest BCUT2D eigenvalue weighted by Gasteiger charge is -2.50. The molecule has 9 nitrogen and oxygen atoms in total. The summed E-state index contributed by atoms with van der Waals surface area (Å²) in [6.45, 7) is 4.81. The molecule has 0 aromatic carbocycles. The third-order valence-corrected chi connectivity index (χ3v) is 2.96. The summed E-state index contributed by atoms with van der Waals surface area (Å²) in [5.41, 5.74) is 0. The van der Waals surface area contributed by atoms with E-state index in [1.54, 1.807) is 13.8 Å². The number of hydrogen-bond acceptors (Lipinski definition) is 9. The Morgan fingerprint density at radius 2 is 1.64 bits per heavy atom. The van der Waals surface area contributed by atoms with E-state index in [1.165, 1.54) is 0 Å². The topological polar surface area (TPSA) is 121 Å². The summed E-state index contributed by atoms with van der Waals surface area (Å²) in [5.74, 6) is -6.27. The normalized spacial score (nSPS) is 35.0. The molecule has 0 spiro atoms. The van der Waals surface area contributed by atoms with E-state index in [9.17, 15) is 19.8 Å². The lowest BCUT2D eigenvalue weighted by Crippen LogP contribution is -2.73. The minimum atomic E-state index is -2.47. The summed E-state index contributed by atoms with van der Waals surface area (Å²) in [6.07, 6.45) is -3.07. The van der Waals surface area contributed by atoms with Crippen molar-refractivity contribution >= 4 is 11.9 Å². The monoisotopic (exact) mass is 322 g/mol. The molecule has 2 N–H and O–H groups in total. The van der Waals surface area contributed by atoms with E-state index in [0.717, 1.165) is 13.8 Å². The molecule has 1 fully saturated rings. The SMILES string of the molecule is CCO[C@@]1(O)[C@@H](OC(C)=O)C(OC(C)=O)OC[C@]1(O)OCC. The molecule has 0 radical (unpaired) electrons. The number of rotatable bonds is 6. The molecule has 0 aromatic rings. The van der Waals surface area contributed by atoms with E-state index < -0.39 is 42.5 Å². The Bertz CT molecular complexity index is 412. The van der Waals surface area contributed by atoms with Gasteiger partial charge in [-0.1, -0.05) is 0 Å². The first-order valence-corrected chi connectivity index (χ1v) is 6.88. The summed E-state index contributed by atoms with van der Waals surface area (Å²) in [7, 11) is 0.